The number of amides is 1. The Balaban J connectivity index is 0.00000480. The highest BCUT2D eigenvalue weighted by Gasteiger charge is 2.33. The Hall–Kier alpha value is -0.610. The maximum atomic E-state index is 11.9. The summed E-state index contributed by atoms with van der Waals surface area (Å²) in [6, 6.07) is 0.400. The number of guanidine groups is 1. The molecular formula is C23H46IN5O2. The lowest BCUT2D eigenvalue weighted by Crippen LogP contribution is -2.50. The van der Waals surface area contributed by atoms with Crippen LogP contribution in [0, 0.1) is 0 Å². The Kier molecular flexibility index (Phi) is 14.7. The molecule has 0 unspecified atom stereocenters. The highest BCUT2D eigenvalue weighted by molar-refractivity contribution is 14.0. The number of piperidine rings is 1. The lowest BCUT2D eigenvalue weighted by molar-refractivity contribution is -0.122. The van der Waals surface area contributed by atoms with Gasteiger partial charge in [-0.15, -0.1) is 24.0 Å². The molecule has 0 atom stereocenters. The third-order valence-corrected chi connectivity index (χ3v) is 6.11. The van der Waals surface area contributed by atoms with Crippen LogP contribution in [0.25, 0.3) is 0 Å². The van der Waals surface area contributed by atoms with Crippen LogP contribution < -0.4 is 16.0 Å². The Morgan fingerprint density at radius 2 is 1.77 bits per heavy atom. The van der Waals surface area contributed by atoms with Gasteiger partial charge in [-0.25, -0.2) is 0 Å². The first-order chi connectivity index (χ1) is 14.6. The van der Waals surface area contributed by atoms with Gasteiger partial charge in [0.25, 0.3) is 0 Å². The molecule has 0 spiro atoms. The molecule has 1 aliphatic carbocycles. The number of rotatable bonds is 11. The number of nitrogens with zero attached hydrogens (tertiary/aromatic N) is 2. The molecule has 1 saturated heterocycles. The number of aliphatic imine (C=N–C) groups is 1. The van der Waals surface area contributed by atoms with Crippen LogP contribution in [-0.2, 0) is 9.53 Å². The van der Waals surface area contributed by atoms with E-state index >= 15 is 0 Å². The maximum absolute atomic E-state index is 11.9. The Morgan fingerprint density at radius 1 is 1.06 bits per heavy atom. The summed E-state index contributed by atoms with van der Waals surface area (Å²) < 4.78 is 6.31. The molecule has 7 nitrogen and oxygen atoms in total. The molecule has 1 saturated carbocycles. The largest absolute Gasteiger partial charge is 0.373 e. The third-order valence-electron chi connectivity index (χ3n) is 6.11. The zero-order chi connectivity index (χ0) is 21.7. The molecule has 182 valence electrons. The number of likely N-dealkylation sites (tertiary alicyclic amines) is 1. The third kappa shape index (κ3) is 10.7. The van der Waals surface area contributed by atoms with E-state index < -0.39 is 0 Å². The van der Waals surface area contributed by atoms with Gasteiger partial charge in [0.2, 0.25) is 5.91 Å². The average molecular weight is 552 g/mol. The predicted molar refractivity (Wildman–Crippen MR) is 139 cm³/mol. The van der Waals surface area contributed by atoms with E-state index in [2.05, 4.69) is 41.6 Å². The molecule has 2 fully saturated rings. The van der Waals surface area contributed by atoms with Gasteiger partial charge in [0, 0.05) is 38.8 Å². The number of carbonyl (C=O) groups excluding carboxylic acids is 1. The molecule has 31 heavy (non-hydrogen) atoms. The smallest absolute Gasteiger partial charge is 0.234 e. The molecular weight excluding hydrogens is 505 g/mol. The molecule has 0 aromatic rings. The van der Waals surface area contributed by atoms with Crippen molar-refractivity contribution in [3.63, 3.8) is 0 Å². The topological polar surface area (TPSA) is 78.0 Å². The van der Waals surface area contributed by atoms with Crippen molar-refractivity contribution in [3.8, 4) is 0 Å². The van der Waals surface area contributed by atoms with E-state index in [-0.39, 0.29) is 35.5 Å². The van der Waals surface area contributed by atoms with Crippen molar-refractivity contribution in [1.29, 1.82) is 0 Å². The SMILES string of the molecule is CCCNC(=O)CN1CCC(NC(=NCC2(OCCC)CCCCC2)NCC)CC1.I. The average Bonchev–Trinajstić information content (AvgIpc) is 2.77. The van der Waals surface area contributed by atoms with E-state index in [1.165, 1.54) is 19.3 Å². The zero-order valence-electron chi connectivity index (χ0n) is 20.0. The summed E-state index contributed by atoms with van der Waals surface area (Å²) in [5, 5.41) is 10.0. The van der Waals surface area contributed by atoms with Gasteiger partial charge in [0.15, 0.2) is 5.96 Å². The lowest BCUT2D eigenvalue weighted by atomic mass is 9.84. The van der Waals surface area contributed by atoms with Crippen molar-refractivity contribution < 1.29 is 9.53 Å². The zero-order valence-corrected chi connectivity index (χ0v) is 22.3. The van der Waals surface area contributed by atoms with Crippen molar-refractivity contribution in [3.05, 3.63) is 0 Å². The minimum atomic E-state index is -0.0776. The van der Waals surface area contributed by atoms with Crippen LogP contribution in [0.2, 0.25) is 0 Å². The lowest BCUT2D eigenvalue weighted by Gasteiger charge is -2.36. The van der Waals surface area contributed by atoms with Crippen LogP contribution in [0.15, 0.2) is 4.99 Å². The van der Waals surface area contributed by atoms with Gasteiger partial charge in [-0.1, -0.05) is 33.1 Å². The summed E-state index contributed by atoms with van der Waals surface area (Å²) in [6.07, 6.45) is 10.1. The number of nitrogens with one attached hydrogen (secondary N) is 3. The first-order valence-corrected chi connectivity index (χ1v) is 12.3. The van der Waals surface area contributed by atoms with E-state index in [4.69, 9.17) is 9.73 Å². The Morgan fingerprint density at radius 3 is 2.39 bits per heavy atom. The molecule has 1 heterocycles. The Labute approximate surface area is 206 Å². The fourth-order valence-electron chi connectivity index (χ4n) is 4.36. The van der Waals surface area contributed by atoms with Gasteiger partial charge in [0.05, 0.1) is 18.7 Å². The summed E-state index contributed by atoms with van der Waals surface area (Å²) >= 11 is 0. The molecule has 0 aromatic heterocycles. The first kappa shape index (κ1) is 28.4. The van der Waals surface area contributed by atoms with Gasteiger partial charge in [-0.3, -0.25) is 14.7 Å². The van der Waals surface area contributed by atoms with E-state index in [1.54, 1.807) is 0 Å². The van der Waals surface area contributed by atoms with E-state index in [9.17, 15) is 4.79 Å². The van der Waals surface area contributed by atoms with Gasteiger partial charge >= 0.3 is 0 Å². The van der Waals surface area contributed by atoms with Crippen molar-refractivity contribution in [2.75, 3.05) is 45.9 Å². The van der Waals surface area contributed by atoms with Gasteiger partial charge in [-0.2, -0.15) is 0 Å². The highest BCUT2D eigenvalue weighted by atomic mass is 127. The predicted octanol–water partition coefficient (Wildman–Crippen LogP) is 3.28. The molecule has 8 heteroatoms. The number of hydrogen-bond donors (Lipinski definition) is 3. The van der Waals surface area contributed by atoms with Gasteiger partial charge in [0.1, 0.15) is 0 Å². The molecule has 2 aliphatic rings. The number of carbonyl (C=O) groups is 1. The van der Waals surface area contributed by atoms with Gasteiger partial charge in [-0.05, 0) is 45.4 Å². The summed E-state index contributed by atoms with van der Waals surface area (Å²) in [4.78, 5) is 19.1. The molecule has 0 bridgehead atoms. The number of halogens is 1. The van der Waals surface area contributed by atoms with Crippen LogP contribution in [-0.4, -0.2) is 74.3 Å². The number of ether oxygens (including phenoxy) is 1. The standard InChI is InChI=1S/C23H45N5O2.HI/c1-4-14-25-21(29)18-28-15-10-20(11-16-28)27-22(24-6-3)26-19-23(30-17-5-2)12-8-7-9-13-23;/h20H,4-19H2,1-3H3,(H,25,29)(H2,24,26,27);1H. The first-order valence-electron chi connectivity index (χ1n) is 12.3. The second-order valence-corrected chi connectivity index (χ2v) is 8.83. The maximum Gasteiger partial charge on any atom is 0.234 e. The van der Waals surface area contributed by atoms with Crippen LogP contribution in [0.4, 0.5) is 0 Å². The summed E-state index contributed by atoms with van der Waals surface area (Å²) in [5.41, 5.74) is -0.0776. The molecule has 1 amide bonds. The van der Waals surface area contributed by atoms with E-state index in [0.717, 1.165) is 83.8 Å². The van der Waals surface area contributed by atoms with Crippen LogP contribution in [0.1, 0.15) is 78.6 Å². The highest BCUT2D eigenvalue weighted by Crippen LogP contribution is 2.32. The fraction of sp³-hybridized carbons (Fsp3) is 0.913. The molecule has 1 aliphatic heterocycles. The van der Waals surface area contributed by atoms with E-state index in [1.807, 2.05) is 0 Å². The molecule has 3 N–H and O–H groups in total. The quantitative estimate of drug-likeness (QED) is 0.209. The summed E-state index contributed by atoms with van der Waals surface area (Å²) in [5.74, 6) is 1.05. The van der Waals surface area contributed by atoms with Crippen LogP contribution in [0.5, 0.6) is 0 Å². The van der Waals surface area contributed by atoms with Crippen molar-refractivity contribution in [1.82, 2.24) is 20.9 Å². The number of hydrogen-bond acceptors (Lipinski definition) is 4. The molecule has 2 rings (SSSR count). The van der Waals surface area contributed by atoms with Crippen molar-refractivity contribution >= 4 is 35.8 Å². The molecule has 0 radical (unpaired) electrons. The van der Waals surface area contributed by atoms with Crippen LogP contribution in [0.3, 0.4) is 0 Å². The summed E-state index contributed by atoms with van der Waals surface area (Å²) in [7, 11) is 0. The minimum Gasteiger partial charge on any atom is -0.373 e. The molecule has 0 aromatic carbocycles. The van der Waals surface area contributed by atoms with Crippen LogP contribution >= 0.6 is 24.0 Å². The second-order valence-electron chi connectivity index (χ2n) is 8.83. The normalized spacial score (nSPS) is 20.0. The minimum absolute atomic E-state index is 0. The van der Waals surface area contributed by atoms with E-state index in [0.29, 0.717) is 12.6 Å². The Bertz CT molecular complexity index is 518. The van der Waals surface area contributed by atoms with Crippen molar-refractivity contribution in [2.45, 2.75) is 90.2 Å². The fourth-order valence-corrected chi connectivity index (χ4v) is 4.36. The second kappa shape index (κ2) is 16.1. The van der Waals surface area contributed by atoms with Gasteiger partial charge < -0.3 is 20.7 Å². The monoisotopic (exact) mass is 551 g/mol. The van der Waals surface area contributed by atoms with Crippen molar-refractivity contribution in [2.24, 2.45) is 4.99 Å². The summed E-state index contributed by atoms with van der Waals surface area (Å²) in [6.45, 7) is 11.9.